The van der Waals surface area contributed by atoms with Gasteiger partial charge in [-0.2, -0.15) is 5.10 Å². The van der Waals surface area contributed by atoms with Crippen molar-refractivity contribution < 1.29 is 15.1 Å². The zero-order valence-electron chi connectivity index (χ0n) is 13.0. The highest BCUT2D eigenvalue weighted by atomic mass is 16.3. The summed E-state index contributed by atoms with van der Waals surface area (Å²) in [5.74, 6) is 0.0971. The van der Waals surface area contributed by atoms with Crippen molar-refractivity contribution in [2.24, 2.45) is 5.10 Å². The van der Waals surface area contributed by atoms with Gasteiger partial charge in [0.2, 0.25) is 0 Å². The van der Waals surface area contributed by atoms with Crippen molar-refractivity contribution >= 4 is 6.21 Å². The van der Waals surface area contributed by atoms with Crippen LogP contribution in [0.4, 0.5) is 0 Å². The molecule has 1 aliphatic heterocycles. The number of hydrogen-bond acceptors (Lipinski definition) is 4. The Morgan fingerprint density at radius 2 is 1.78 bits per heavy atom. The summed E-state index contributed by atoms with van der Waals surface area (Å²) in [5.41, 5.74) is 1.98. The van der Waals surface area contributed by atoms with Crippen LogP contribution in [-0.2, 0) is 6.54 Å². The Balaban J connectivity index is 1.52. The van der Waals surface area contributed by atoms with Gasteiger partial charge in [0, 0.05) is 17.2 Å². The summed E-state index contributed by atoms with van der Waals surface area (Å²) in [6.07, 6.45) is 1.65. The molecule has 23 heavy (non-hydrogen) atoms. The molecule has 3 rings (SSSR count). The molecule has 0 aliphatic carbocycles. The van der Waals surface area contributed by atoms with E-state index in [1.54, 1.807) is 23.2 Å². The van der Waals surface area contributed by atoms with Crippen molar-refractivity contribution in [1.29, 1.82) is 0 Å². The van der Waals surface area contributed by atoms with Gasteiger partial charge in [0.25, 0.3) is 0 Å². The number of quaternary nitrogens is 1. The van der Waals surface area contributed by atoms with Crippen LogP contribution in [0.25, 0.3) is 0 Å². The number of hydrazone groups is 1. The molecular weight excluding hydrogens is 290 g/mol. The molecule has 5 nitrogen and oxygen atoms in total. The number of aromatic hydroxyl groups is 2. The van der Waals surface area contributed by atoms with E-state index in [4.69, 9.17) is 0 Å². The van der Waals surface area contributed by atoms with Gasteiger partial charge in [0.05, 0.1) is 32.4 Å². The lowest BCUT2D eigenvalue weighted by Crippen LogP contribution is -3.13. The second-order valence-electron chi connectivity index (χ2n) is 5.85. The standard InChI is InChI=1S/C18H21N3O2/c22-17-7-6-16(18(23)12-17)13-19-21-10-8-20(9-11-21)14-15-4-2-1-3-5-15/h1-7,12-13,22-23H,8-11,14H2/p+1. The van der Waals surface area contributed by atoms with Crippen LogP contribution >= 0.6 is 0 Å². The van der Waals surface area contributed by atoms with E-state index >= 15 is 0 Å². The summed E-state index contributed by atoms with van der Waals surface area (Å²) in [5, 5.41) is 25.5. The summed E-state index contributed by atoms with van der Waals surface area (Å²) in [6.45, 7) is 4.95. The van der Waals surface area contributed by atoms with E-state index in [1.807, 2.05) is 11.1 Å². The van der Waals surface area contributed by atoms with Crippen molar-refractivity contribution in [2.45, 2.75) is 6.54 Å². The maximum atomic E-state index is 9.75. The third kappa shape index (κ3) is 4.23. The van der Waals surface area contributed by atoms with Gasteiger partial charge in [-0.1, -0.05) is 30.3 Å². The lowest BCUT2D eigenvalue weighted by Gasteiger charge is -2.30. The Morgan fingerprint density at radius 1 is 1.04 bits per heavy atom. The topological polar surface area (TPSA) is 60.5 Å². The van der Waals surface area contributed by atoms with E-state index in [-0.39, 0.29) is 11.5 Å². The molecule has 3 N–H and O–H groups in total. The summed E-state index contributed by atoms with van der Waals surface area (Å²) in [4.78, 5) is 1.56. The molecule has 0 spiro atoms. The zero-order chi connectivity index (χ0) is 16.1. The van der Waals surface area contributed by atoms with Gasteiger partial charge in [-0.25, -0.2) is 0 Å². The van der Waals surface area contributed by atoms with Crippen molar-refractivity contribution in [2.75, 3.05) is 26.2 Å². The molecule has 0 aromatic heterocycles. The van der Waals surface area contributed by atoms with Gasteiger partial charge < -0.3 is 15.1 Å². The van der Waals surface area contributed by atoms with E-state index in [9.17, 15) is 10.2 Å². The molecule has 5 heteroatoms. The second-order valence-corrected chi connectivity index (χ2v) is 5.85. The number of rotatable bonds is 4. The number of nitrogens with one attached hydrogen (secondary N) is 1. The number of phenolic OH excluding ortho intramolecular Hbond substituents is 2. The minimum absolute atomic E-state index is 0.0436. The highest BCUT2D eigenvalue weighted by Crippen LogP contribution is 2.20. The van der Waals surface area contributed by atoms with Crippen molar-refractivity contribution in [3.05, 3.63) is 59.7 Å². The number of benzene rings is 2. The first-order valence-electron chi connectivity index (χ1n) is 7.89. The molecule has 2 aromatic carbocycles. The molecule has 1 heterocycles. The van der Waals surface area contributed by atoms with Gasteiger partial charge in [-0.3, -0.25) is 5.01 Å². The van der Waals surface area contributed by atoms with Gasteiger partial charge in [0.1, 0.15) is 18.0 Å². The normalized spacial score (nSPS) is 16.1. The molecule has 0 unspecified atom stereocenters. The fourth-order valence-corrected chi connectivity index (χ4v) is 2.77. The predicted octanol–water partition coefficient (Wildman–Crippen LogP) is 0.832. The van der Waals surface area contributed by atoms with Gasteiger partial charge in [-0.05, 0) is 12.1 Å². The summed E-state index contributed by atoms with van der Waals surface area (Å²) in [6, 6.07) is 15.1. The van der Waals surface area contributed by atoms with E-state index in [2.05, 4.69) is 29.4 Å². The lowest BCUT2D eigenvalue weighted by molar-refractivity contribution is -0.918. The Morgan fingerprint density at radius 3 is 2.48 bits per heavy atom. The summed E-state index contributed by atoms with van der Waals surface area (Å²) in [7, 11) is 0. The minimum atomic E-state index is 0.0436. The van der Waals surface area contributed by atoms with Crippen LogP contribution in [0, 0.1) is 0 Å². The third-order valence-corrected chi connectivity index (χ3v) is 4.12. The van der Waals surface area contributed by atoms with Crippen LogP contribution < -0.4 is 4.90 Å². The van der Waals surface area contributed by atoms with Crippen molar-refractivity contribution in [3.63, 3.8) is 0 Å². The average molecular weight is 312 g/mol. The van der Waals surface area contributed by atoms with Crippen molar-refractivity contribution in [1.82, 2.24) is 5.01 Å². The maximum Gasteiger partial charge on any atom is 0.128 e. The molecule has 0 saturated carbocycles. The number of phenols is 2. The van der Waals surface area contributed by atoms with E-state index in [0.717, 1.165) is 32.7 Å². The smallest absolute Gasteiger partial charge is 0.128 e. The van der Waals surface area contributed by atoms with Crippen LogP contribution in [0.15, 0.2) is 53.6 Å². The molecule has 2 aromatic rings. The molecule has 1 fully saturated rings. The zero-order valence-corrected chi connectivity index (χ0v) is 13.0. The van der Waals surface area contributed by atoms with Crippen LogP contribution in [0.1, 0.15) is 11.1 Å². The fourth-order valence-electron chi connectivity index (χ4n) is 2.77. The largest absolute Gasteiger partial charge is 0.508 e. The number of nitrogens with zero attached hydrogens (tertiary/aromatic N) is 2. The first-order chi connectivity index (χ1) is 11.2. The molecule has 0 bridgehead atoms. The maximum absolute atomic E-state index is 9.75. The Labute approximate surface area is 136 Å². The third-order valence-electron chi connectivity index (χ3n) is 4.12. The highest BCUT2D eigenvalue weighted by molar-refractivity contribution is 5.83. The predicted molar refractivity (Wildman–Crippen MR) is 89.8 cm³/mol. The molecule has 0 radical (unpaired) electrons. The highest BCUT2D eigenvalue weighted by Gasteiger charge is 2.18. The van der Waals surface area contributed by atoms with Gasteiger partial charge in [0.15, 0.2) is 0 Å². The molecule has 0 atom stereocenters. The second kappa shape index (κ2) is 7.15. The Hall–Kier alpha value is -2.53. The van der Waals surface area contributed by atoms with Crippen LogP contribution in [-0.4, -0.2) is 47.6 Å². The average Bonchev–Trinajstić information content (AvgIpc) is 2.56. The van der Waals surface area contributed by atoms with Crippen LogP contribution in [0.3, 0.4) is 0 Å². The van der Waals surface area contributed by atoms with Crippen LogP contribution in [0.2, 0.25) is 0 Å². The summed E-state index contributed by atoms with van der Waals surface area (Å²) < 4.78 is 0. The monoisotopic (exact) mass is 312 g/mol. The lowest BCUT2D eigenvalue weighted by atomic mass is 10.2. The van der Waals surface area contributed by atoms with Crippen molar-refractivity contribution in [3.8, 4) is 11.5 Å². The SMILES string of the molecule is Oc1ccc(C=NN2CC[NH+](Cc3ccccc3)CC2)c(O)c1. The quantitative estimate of drug-likeness (QED) is 0.733. The van der Waals surface area contributed by atoms with E-state index in [1.165, 1.54) is 11.6 Å². The molecule has 120 valence electrons. The number of hydrogen-bond donors (Lipinski definition) is 3. The van der Waals surface area contributed by atoms with Crippen LogP contribution in [0.5, 0.6) is 11.5 Å². The number of piperazine rings is 1. The minimum Gasteiger partial charge on any atom is -0.508 e. The van der Waals surface area contributed by atoms with Gasteiger partial charge >= 0.3 is 0 Å². The molecule has 1 saturated heterocycles. The first kappa shape index (κ1) is 15.4. The fraction of sp³-hybridized carbons (Fsp3) is 0.278. The Bertz CT molecular complexity index is 665. The first-order valence-corrected chi connectivity index (χ1v) is 7.89. The van der Waals surface area contributed by atoms with E-state index in [0.29, 0.717) is 5.56 Å². The van der Waals surface area contributed by atoms with Gasteiger partial charge in [-0.15, -0.1) is 0 Å². The molecule has 0 amide bonds. The summed E-state index contributed by atoms with van der Waals surface area (Å²) >= 11 is 0. The Kier molecular flexibility index (Phi) is 4.78. The molecular formula is C18H22N3O2+. The molecule has 1 aliphatic rings. The van der Waals surface area contributed by atoms with E-state index < -0.39 is 0 Å².